The smallest absolute Gasteiger partial charge is 0.277 e. The lowest BCUT2D eigenvalue weighted by Crippen LogP contribution is -2.28. The number of amides is 1. The van der Waals surface area contributed by atoms with Crippen molar-refractivity contribution in [2.75, 3.05) is 5.75 Å². The molecular formula is C19H14N4O3S3. The van der Waals surface area contributed by atoms with E-state index in [1.165, 1.54) is 28.1 Å². The molecule has 1 atom stereocenters. The molecule has 10 heteroatoms. The normalized spacial score (nSPS) is 16.3. The maximum atomic E-state index is 12.9. The van der Waals surface area contributed by atoms with Gasteiger partial charge in [-0.3, -0.25) is 4.79 Å². The number of thioether (sulfide) groups is 1. The van der Waals surface area contributed by atoms with E-state index in [2.05, 4.69) is 15.3 Å². The molecule has 29 heavy (non-hydrogen) atoms. The number of furan rings is 1. The Labute approximate surface area is 178 Å². The molecule has 0 fully saturated rings. The highest BCUT2D eigenvalue weighted by molar-refractivity contribution is 7.99. The van der Waals surface area contributed by atoms with Crippen LogP contribution in [0.25, 0.3) is 10.8 Å². The fourth-order valence-electron chi connectivity index (χ4n) is 2.99. The van der Waals surface area contributed by atoms with Crippen molar-refractivity contribution in [3.05, 3.63) is 64.1 Å². The number of aromatic nitrogens is 2. The van der Waals surface area contributed by atoms with Crippen LogP contribution >= 0.6 is 34.4 Å². The summed E-state index contributed by atoms with van der Waals surface area (Å²) in [6.45, 7) is 0. The third kappa shape index (κ3) is 3.78. The molecule has 146 valence electrons. The van der Waals surface area contributed by atoms with Gasteiger partial charge in [0, 0.05) is 6.42 Å². The van der Waals surface area contributed by atoms with Crippen LogP contribution in [0.1, 0.15) is 23.1 Å². The van der Waals surface area contributed by atoms with Crippen LogP contribution in [0.5, 0.6) is 0 Å². The lowest BCUT2D eigenvalue weighted by atomic mass is 10.1. The van der Waals surface area contributed by atoms with Crippen LogP contribution in [-0.2, 0) is 4.79 Å². The van der Waals surface area contributed by atoms with Crippen molar-refractivity contribution in [2.24, 2.45) is 5.10 Å². The van der Waals surface area contributed by atoms with Crippen LogP contribution in [0, 0.1) is 0 Å². The number of hydrogen-bond acceptors (Lipinski definition) is 9. The lowest BCUT2D eigenvalue weighted by Gasteiger charge is -2.19. The van der Waals surface area contributed by atoms with E-state index in [1.54, 1.807) is 17.6 Å². The highest BCUT2D eigenvalue weighted by Gasteiger charge is 2.35. The van der Waals surface area contributed by atoms with Gasteiger partial charge in [-0.15, -0.1) is 32.9 Å². The highest BCUT2D eigenvalue weighted by atomic mass is 32.2. The Morgan fingerprint density at radius 1 is 1.14 bits per heavy atom. The van der Waals surface area contributed by atoms with Crippen molar-refractivity contribution in [1.29, 1.82) is 0 Å². The Bertz CT molecular complexity index is 1120. The van der Waals surface area contributed by atoms with Crippen molar-refractivity contribution in [3.63, 3.8) is 0 Å². The van der Waals surface area contributed by atoms with Crippen LogP contribution < -0.4 is 0 Å². The van der Waals surface area contributed by atoms with Crippen molar-refractivity contribution in [1.82, 2.24) is 15.2 Å². The van der Waals surface area contributed by atoms with E-state index >= 15 is 0 Å². The fourth-order valence-corrected chi connectivity index (χ4v) is 4.97. The van der Waals surface area contributed by atoms with Gasteiger partial charge in [0.15, 0.2) is 0 Å². The van der Waals surface area contributed by atoms with Crippen LogP contribution in [0.2, 0.25) is 0 Å². The van der Waals surface area contributed by atoms with Gasteiger partial charge in [-0.25, -0.2) is 5.01 Å². The van der Waals surface area contributed by atoms with E-state index in [0.29, 0.717) is 17.5 Å². The average Bonchev–Trinajstić information content (AvgIpc) is 3.56. The monoisotopic (exact) mass is 442 g/mol. The van der Waals surface area contributed by atoms with Crippen molar-refractivity contribution in [2.45, 2.75) is 17.7 Å². The van der Waals surface area contributed by atoms with Gasteiger partial charge in [-0.1, -0.05) is 23.9 Å². The van der Waals surface area contributed by atoms with E-state index in [1.807, 2.05) is 47.2 Å². The summed E-state index contributed by atoms with van der Waals surface area (Å²) in [7, 11) is 0. The van der Waals surface area contributed by atoms with E-state index in [-0.39, 0.29) is 17.7 Å². The van der Waals surface area contributed by atoms with Crippen LogP contribution in [0.4, 0.5) is 0 Å². The first-order valence-electron chi connectivity index (χ1n) is 8.75. The summed E-state index contributed by atoms with van der Waals surface area (Å²) in [5.41, 5.74) is 0.887. The van der Waals surface area contributed by atoms with E-state index in [9.17, 15) is 4.79 Å². The second-order valence-corrected chi connectivity index (χ2v) is 8.96. The summed E-state index contributed by atoms with van der Waals surface area (Å²) in [5, 5.41) is 18.5. The molecule has 1 aliphatic rings. The molecule has 0 radical (unpaired) electrons. The second kappa shape index (κ2) is 7.97. The Morgan fingerprint density at radius 3 is 2.69 bits per heavy atom. The molecule has 0 aliphatic carbocycles. The predicted molar refractivity (Wildman–Crippen MR) is 112 cm³/mol. The molecule has 5 heterocycles. The third-order valence-electron chi connectivity index (χ3n) is 4.30. The summed E-state index contributed by atoms with van der Waals surface area (Å²) in [6, 6.07) is 11.3. The van der Waals surface area contributed by atoms with Crippen LogP contribution in [0.15, 0.2) is 72.6 Å². The first-order valence-corrected chi connectivity index (χ1v) is 11.5. The zero-order chi connectivity index (χ0) is 19.6. The Balaban J connectivity index is 1.31. The first kappa shape index (κ1) is 18.3. The van der Waals surface area contributed by atoms with Crippen LogP contribution in [0.3, 0.4) is 0 Å². The molecule has 4 aromatic heterocycles. The van der Waals surface area contributed by atoms with Gasteiger partial charge in [0.05, 0.1) is 27.5 Å². The van der Waals surface area contributed by atoms with Crippen LogP contribution in [-0.4, -0.2) is 32.6 Å². The fraction of sp³-hybridized carbons (Fsp3) is 0.158. The van der Waals surface area contributed by atoms with Gasteiger partial charge < -0.3 is 8.83 Å². The molecular weight excluding hydrogens is 428 g/mol. The Morgan fingerprint density at radius 2 is 1.97 bits per heavy atom. The average molecular weight is 443 g/mol. The molecule has 1 aliphatic heterocycles. The molecule has 7 nitrogen and oxygen atoms in total. The van der Waals surface area contributed by atoms with E-state index in [0.717, 1.165) is 21.2 Å². The SMILES string of the molecule is O=C(CSc1nnc(-c2cccs2)o1)N1N=C(c2cccs2)C[C@H]1c1ccco1. The number of hydrogen-bond donors (Lipinski definition) is 0. The van der Waals surface area contributed by atoms with Gasteiger partial charge in [0.1, 0.15) is 11.8 Å². The third-order valence-corrected chi connectivity index (χ3v) is 6.88. The van der Waals surface area contributed by atoms with E-state index < -0.39 is 0 Å². The van der Waals surface area contributed by atoms with Crippen molar-refractivity contribution < 1.29 is 13.6 Å². The lowest BCUT2D eigenvalue weighted by molar-refractivity contribution is -0.130. The maximum absolute atomic E-state index is 12.9. The quantitative estimate of drug-likeness (QED) is 0.394. The molecule has 0 unspecified atom stereocenters. The van der Waals surface area contributed by atoms with Gasteiger partial charge in [-0.05, 0) is 35.0 Å². The maximum Gasteiger partial charge on any atom is 0.277 e. The molecule has 1 amide bonds. The molecule has 0 saturated carbocycles. The predicted octanol–water partition coefficient (Wildman–Crippen LogP) is 4.92. The minimum absolute atomic E-state index is 0.140. The molecule has 5 rings (SSSR count). The molecule has 0 N–H and O–H groups in total. The van der Waals surface area contributed by atoms with Gasteiger partial charge >= 0.3 is 0 Å². The summed E-state index contributed by atoms with van der Waals surface area (Å²) >= 11 is 4.34. The van der Waals surface area contributed by atoms with Gasteiger partial charge in [-0.2, -0.15) is 5.10 Å². The van der Waals surface area contributed by atoms with Crippen molar-refractivity contribution >= 4 is 46.1 Å². The minimum atomic E-state index is -0.250. The molecule has 0 saturated heterocycles. The minimum Gasteiger partial charge on any atom is -0.467 e. The largest absolute Gasteiger partial charge is 0.467 e. The topological polar surface area (TPSA) is 84.7 Å². The number of carbonyl (C=O) groups excluding carboxylic acids is 1. The number of nitrogens with zero attached hydrogens (tertiary/aromatic N) is 4. The summed E-state index contributed by atoms with van der Waals surface area (Å²) in [5.74, 6) is 1.18. The van der Waals surface area contributed by atoms with Crippen molar-refractivity contribution in [3.8, 4) is 10.8 Å². The number of carbonyl (C=O) groups is 1. The standard InChI is InChI=1S/C19H14N4O3S3/c24-17(11-29-19-21-20-18(26-19)16-6-3-9-28-16)23-13(14-4-1-7-25-14)10-12(22-23)15-5-2-8-27-15/h1-9,13H,10-11H2/t13-/m0/s1. The first-order chi connectivity index (χ1) is 14.3. The molecule has 0 bridgehead atoms. The number of rotatable bonds is 6. The molecule has 0 spiro atoms. The molecule has 0 aromatic carbocycles. The zero-order valence-corrected chi connectivity index (χ0v) is 17.4. The van der Waals surface area contributed by atoms with Gasteiger partial charge in [0.2, 0.25) is 0 Å². The summed E-state index contributed by atoms with van der Waals surface area (Å²) in [6.07, 6.45) is 2.23. The number of thiophene rings is 2. The summed E-state index contributed by atoms with van der Waals surface area (Å²) < 4.78 is 11.2. The number of hydrazone groups is 1. The second-order valence-electron chi connectivity index (χ2n) is 6.14. The Kier molecular flexibility index (Phi) is 5.04. The zero-order valence-electron chi connectivity index (χ0n) is 14.9. The molecule has 4 aromatic rings. The van der Waals surface area contributed by atoms with Gasteiger partial charge in [0.25, 0.3) is 17.0 Å². The Hall–Kier alpha value is -2.69. The summed E-state index contributed by atoms with van der Waals surface area (Å²) in [4.78, 5) is 14.9. The highest BCUT2D eigenvalue weighted by Crippen LogP contribution is 2.35. The van der Waals surface area contributed by atoms with E-state index in [4.69, 9.17) is 8.83 Å².